The molecule has 5 nitrogen and oxygen atoms in total. The van der Waals surface area contributed by atoms with Crippen LogP contribution in [0.4, 0.5) is 5.69 Å². The number of esters is 1. The molecule has 3 rings (SSSR count). The van der Waals surface area contributed by atoms with Gasteiger partial charge in [0, 0.05) is 43.9 Å². The van der Waals surface area contributed by atoms with Crippen molar-refractivity contribution < 1.29 is 9.53 Å². The highest BCUT2D eigenvalue weighted by atomic mass is 16.5. The van der Waals surface area contributed by atoms with Gasteiger partial charge in [-0.05, 0) is 35.7 Å². The van der Waals surface area contributed by atoms with Crippen molar-refractivity contribution in [3.05, 3.63) is 70.6 Å². The number of rotatable bonds is 4. The number of hydrogen-bond acceptors (Lipinski definition) is 4. The molecule has 0 aliphatic carbocycles. The van der Waals surface area contributed by atoms with Crippen molar-refractivity contribution in [2.75, 3.05) is 19.0 Å². The Bertz CT molecular complexity index is 990. The van der Waals surface area contributed by atoms with Gasteiger partial charge in [0.25, 0.3) is 5.56 Å². The van der Waals surface area contributed by atoms with Crippen LogP contribution in [0.25, 0.3) is 16.5 Å². The van der Waals surface area contributed by atoms with Crippen LogP contribution in [0, 0.1) is 0 Å². The van der Waals surface area contributed by atoms with Gasteiger partial charge in [-0.2, -0.15) is 0 Å². The molecule has 25 heavy (non-hydrogen) atoms. The average molecular weight is 336 g/mol. The predicted octanol–water partition coefficient (Wildman–Crippen LogP) is 3.12. The molecule has 0 spiro atoms. The molecule has 0 amide bonds. The smallest absolute Gasteiger partial charge is 0.302 e. The summed E-state index contributed by atoms with van der Waals surface area (Å²) in [6, 6.07) is 15.1. The van der Waals surface area contributed by atoms with E-state index in [0.717, 1.165) is 16.6 Å². The highest BCUT2D eigenvalue weighted by Crippen LogP contribution is 2.20. The lowest BCUT2D eigenvalue weighted by molar-refractivity contribution is -0.142. The van der Waals surface area contributed by atoms with Crippen molar-refractivity contribution in [3.63, 3.8) is 0 Å². The van der Waals surface area contributed by atoms with Gasteiger partial charge in [0.15, 0.2) is 0 Å². The number of aromatic nitrogens is 1. The Kier molecular flexibility index (Phi) is 4.57. The van der Waals surface area contributed by atoms with Gasteiger partial charge in [0.2, 0.25) is 0 Å². The number of ether oxygens (including phenoxy) is 1. The quantitative estimate of drug-likeness (QED) is 0.687. The molecule has 0 saturated heterocycles. The molecule has 0 N–H and O–H groups in total. The summed E-state index contributed by atoms with van der Waals surface area (Å²) in [6.07, 6.45) is 1.76. The fourth-order valence-corrected chi connectivity index (χ4v) is 2.75. The van der Waals surface area contributed by atoms with Gasteiger partial charge < -0.3 is 9.64 Å². The van der Waals surface area contributed by atoms with Crippen molar-refractivity contribution in [3.8, 4) is 5.69 Å². The van der Waals surface area contributed by atoms with E-state index in [4.69, 9.17) is 4.74 Å². The Balaban J connectivity index is 2.11. The molecule has 0 fully saturated rings. The molecular weight excluding hydrogens is 316 g/mol. The minimum absolute atomic E-state index is 0.0990. The molecule has 0 saturated carbocycles. The zero-order valence-electron chi connectivity index (χ0n) is 14.5. The molecule has 1 heterocycles. The summed E-state index contributed by atoms with van der Waals surface area (Å²) in [5, 5.41) is 1.54. The first-order valence-electron chi connectivity index (χ1n) is 8.02. The van der Waals surface area contributed by atoms with E-state index >= 15 is 0 Å². The van der Waals surface area contributed by atoms with Gasteiger partial charge in [-0.25, -0.2) is 0 Å². The number of carbonyl (C=O) groups is 1. The van der Waals surface area contributed by atoms with Crippen LogP contribution in [0.1, 0.15) is 12.5 Å². The maximum absolute atomic E-state index is 12.9. The third-order valence-electron chi connectivity index (χ3n) is 4.09. The molecule has 0 bridgehead atoms. The Hall–Kier alpha value is -3.08. The number of fused-ring (bicyclic) bond motifs is 1. The highest BCUT2D eigenvalue weighted by molar-refractivity contribution is 5.85. The van der Waals surface area contributed by atoms with E-state index in [-0.39, 0.29) is 18.1 Å². The second-order valence-electron chi connectivity index (χ2n) is 6.07. The maximum Gasteiger partial charge on any atom is 0.302 e. The number of nitrogens with zero attached hydrogens (tertiary/aromatic N) is 2. The number of para-hydroxylation sites is 1. The zero-order valence-corrected chi connectivity index (χ0v) is 14.5. The number of benzene rings is 2. The third-order valence-corrected chi connectivity index (χ3v) is 4.09. The Morgan fingerprint density at radius 1 is 1.12 bits per heavy atom. The van der Waals surface area contributed by atoms with E-state index in [1.54, 1.807) is 10.8 Å². The van der Waals surface area contributed by atoms with E-state index in [1.165, 1.54) is 6.92 Å². The summed E-state index contributed by atoms with van der Waals surface area (Å²) in [5.74, 6) is -0.350. The topological polar surface area (TPSA) is 51.5 Å². The fraction of sp³-hybridized carbons (Fsp3) is 0.200. The lowest BCUT2D eigenvalue weighted by Crippen LogP contribution is -2.19. The summed E-state index contributed by atoms with van der Waals surface area (Å²) in [5.41, 5.74) is 2.44. The fourth-order valence-electron chi connectivity index (χ4n) is 2.75. The van der Waals surface area contributed by atoms with Crippen LogP contribution in [0.15, 0.2) is 59.5 Å². The molecule has 0 aliphatic heterocycles. The lowest BCUT2D eigenvalue weighted by atomic mass is 10.1. The van der Waals surface area contributed by atoms with Crippen LogP contribution in [-0.4, -0.2) is 24.6 Å². The Morgan fingerprint density at radius 2 is 1.88 bits per heavy atom. The van der Waals surface area contributed by atoms with Crippen molar-refractivity contribution in [2.45, 2.75) is 13.5 Å². The monoisotopic (exact) mass is 336 g/mol. The maximum atomic E-state index is 12.9. The first-order chi connectivity index (χ1) is 12.0. The third kappa shape index (κ3) is 3.40. The van der Waals surface area contributed by atoms with E-state index in [1.807, 2.05) is 67.5 Å². The van der Waals surface area contributed by atoms with Gasteiger partial charge in [0.1, 0.15) is 6.61 Å². The predicted molar refractivity (Wildman–Crippen MR) is 99.3 cm³/mol. The van der Waals surface area contributed by atoms with Crippen molar-refractivity contribution in [2.24, 2.45) is 0 Å². The van der Waals surface area contributed by atoms with Crippen LogP contribution in [0.5, 0.6) is 0 Å². The number of anilines is 1. The Morgan fingerprint density at radius 3 is 2.60 bits per heavy atom. The summed E-state index contributed by atoms with van der Waals surface area (Å²) in [6.45, 7) is 1.50. The zero-order chi connectivity index (χ0) is 18.0. The van der Waals surface area contributed by atoms with Gasteiger partial charge in [-0.15, -0.1) is 0 Å². The van der Waals surface area contributed by atoms with Crippen molar-refractivity contribution >= 4 is 22.4 Å². The van der Waals surface area contributed by atoms with Crippen molar-refractivity contribution in [1.29, 1.82) is 0 Å². The number of carbonyl (C=O) groups excluding carboxylic acids is 1. The van der Waals surface area contributed by atoms with Crippen LogP contribution >= 0.6 is 0 Å². The minimum atomic E-state index is -0.350. The molecule has 3 aromatic rings. The van der Waals surface area contributed by atoms with Crippen molar-refractivity contribution in [1.82, 2.24) is 4.57 Å². The second-order valence-corrected chi connectivity index (χ2v) is 6.07. The normalized spacial score (nSPS) is 10.7. The van der Waals surface area contributed by atoms with Crippen LogP contribution in [0.3, 0.4) is 0 Å². The first kappa shape index (κ1) is 16.8. The molecule has 2 aromatic carbocycles. The average Bonchev–Trinajstić information content (AvgIpc) is 2.60. The summed E-state index contributed by atoms with van der Waals surface area (Å²) in [7, 11) is 3.93. The SMILES string of the molecule is CC(=O)OCc1ccccc1-n1ccc2cc(N(C)C)ccc2c1=O. The molecule has 0 aliphatic rings. The van der Waals surface area contributed by atoms with E-state index < -0.39 is 0 Å². The molecule has 0 unspecified atom stereocenters. The van der Waals surface area contributed by atoms with Crippen LogP contribution in [0.2, 0.25) is 0 Å². The summed E-state index contributed by atoms with van der Waals surface area (Å²) >= 11 is 0. The number of hydrogen-bond donors (Lipinski definition) is 0. The Labute approximate surface area is 146 Å². The molecule has 0 radical (unpaired) electrons. The molecule has 0 atom stereocenters. The van der Waals surface area contributed by atoms with E-state index in [9.17, 15) is 9.59 Å². The van der Waals surface area contributed by atoms with Gasteiger partial charge >= 0.3 is 5.97 Å². The van der Waals surface area contributed by atoms with Gasteiger partial charge in [-0.1, -0.05) is 18.2 Å². The minimum Gasteiger partial charge on any atom is -0.461 e. The molecule has 1 aromatic heterocycles. The highest BCUT2D eigenvalue weighted by Gasteiger charge is 2.10. The summed E-state index contributed by atoms with van der Waals surface area (Å²) < 4.78 is 6.69. The molecule has 128 valence electrons. The van der Waals surface area contributed by atoms with Crippen LogP contribution < -0.4 is 10.5 Å². The van der Waals surface area contributed by atoms with E-state index in [0.29, 0.717) is 11.1 Å². The lowest BCUT2D eigenvalue weighted by Gasteiger charge is -2.15. The second kappa shape index (κ2) is 6.81. The molecule has 5 heteroatoms. The molecular formula is C20H20N2O3. The number of pyridine rings is 1. The van der Waals surface area contributed by atoms with Crippen LogP contribution in [-0.2, 0) is 16.1 Å². The van der Waals surface area contributed by atoms with E-state index in [2.05, 4.69) is 0 Å². The summed E-state index contributed by atoms with van der Waals surface area (Å²) in [4.78, 5) is 26.0. The first-order valence-corrected chi connectivity index (χ1v) is 8.02. The van der Waals surface area contributed by atoms with Gasteiger partial charge in [-0.3, -0.25) is 14.2 Å². The standard InChI is InChI=1S/C20H20N2O3/c1-14(23)25-13-16-6-4-5-7-19(16)22-11-10-15-12-17(21(2)3)8-9-18(15)20(22)24/h4-12H,13H2,1-3H3. The largest absolute Gasteiger partial charge is 0.461 e. The van der Waals surface area contributed by atoms with Gasteiger partial charge in [0.05, 0.1) is 5.69 Å².